The second-order valence-corrected chi connectivity index (χ2v) is 5.79. The number of rotatable bonds is 3. The van der Waals surface area contributed by atoms with Gasteiger partial charge in [-0.3, -0.25) is 9.59 Å². The quantitative estimate of drug-likeness (QED) is 0.796. The standard InChI is InChI=1S/C13H25N3O2/c1-13(14)8-6-5-7-10(13)12(18)16(4)9-11(17)15(2)3/h10H,5-9,14H2,1-4H3. The Morgan fingerprint density at radius 1 is 1.28 bits per heavy atom. The molecule has 0 heterocycles. The molecule has 2 atom stereocenters. The summed E-state index contributed by atoms with van der Waals surface area (Å²) >= 11 is 0. The monoisotopic (exact) mass is 255 g/mol. The van der Waals surface area contributed by atoms with Crippen LogP contribution in [-0.2, 0) is 9.59 Å². The van der Waals surface area contributed by atoms with Crippen molar-refractivity contribution in [3.8, 4) is 0 Å². The fraction of sp³-hybridized carbons (Fsp3) is 0.846. The van der Waals surface area contributed by atoms with Gasteiger partial charge in [0, 0.05) is 26.7 Å². The maximum atomic E-state index is 12.3. The molecule has 2 unspecified atom stereocenters. The summed E-state index contributed by atoms with van der Waals surface area (Å²) in [5.74, 6) is -0.235. The van der Waals surface area contributed by atoms with Gasteiger partial charge in [0.25, 0.3) is 0 Å². The first kappa shape index (κ1) is 15.0. The second-order valence-electron chi connectivity index (χ2n) is 5.79. The molecule has 104 valence electrons. The van der Waals surface area contributed by atoms with Crippen molar-refractivity contribution in [2.45, 2.75) is 38.1 Å². The first-order valence-electron chi connectivity index (χ1n) is 6.49. The average Bonchev–Trinajstić information content (AvgIpc) is 2.27. The third-order valence-corrected chi connectivity index (χ3v) is 3.80. The maximum Gasteiger partial charge on any atom is 0.241 e. The van der Waals surface area contributed by atoms with Crippen LogP contribution < -0.4 is 5.73 Å². The summed E-state index contributed by atoms with van der Waals surface area (Å²) in [4.78, 5) is 26.9. The van der Waals surface area contributed by atoms with Gasteiger partial charge in [-0.15, -0.1) is 0 Å². The largest absolute Gasteiger partial charge is 0.347 e. The molecule has 0 aliphatic heterocycles. The Balaban J connectivity index is 2.65. The predicted octanol–water partition coefficient (Wildman–Crippen LogP) is 0.441. The Morgan fingerprint density at radius 2 is 1.89 bits per heavy atom. The Hall–Kier alpha value is -1.10. The van der Waals surface area contributed by atoms with Crippen LogP contribution in [0.1, 0.15) is 32.6 Å². The van der Waals surface area contributed by atoms with Gasteiger partial charge >= 0.3 is 0 Å². The molecule has 0 saturated heterocycles. The van der Waals surface area contributed by atoms with Gasteiger partial charge in [-0.25, -0.2) is 0 Å². The van der Waals surface area contributed by atoms with E-state index in [1.54, 1.807) is 21.1 Å². The minimum Gasteiger partial charge on any atom is -0.347 e. The molecule has 5 nitrogen and oxygen atoms in total. The van der Waals surface area contributed by atoms with Gasteiger partial charge in [-0.1, -0.05) is 12.8 Å². The van der Waals surface area contributed by atoms with Gasteiger partial charge in [0.2, 0.25) is 11.8 Å². The number of nitrogens with two attached hydrogens (primary N) is 1. The molecule has 0 aromatic rings. The summed E-state index contributed by atoms with van der Waals surface area (Å²) in [7, 11) is 5.05. The molecule has 0 bridgehead atoms. The fourth-order valence-corrected chi connectivity index (χ4v) is 2.45. The molecule has 1 aliphatic rings. The van der Waals surface area contributed by atoms with Crippen molar-refractivity contribution in [3.05, 3.63) is 0 Å². The average molecular weight is 255 g/mol. The fourth-order valence-electron chi connectivity index (χ4n) is 2.45. The Labute approximate surface area is 109 Å². The highest BCUT2D eigenvalue weighted by atomic mass is 16.2. The summed E-state index contributed by atoms with van der Waals surface area (Å²) in [6, 6.07) is 0. The molecular weight excluding hydrogens is 230 g/mol. The van der Waals surface area contributed by atoms with E-state index in [0.717, 1.165) is 25.7 Å². The number of nitrogens with zero attached hydrogens (tertiary/aromatic N) is 2. The summed E-state index contributed by atoms with van der Waals surface area (Å²) in [6.07, 6.45) is 3.82. The van der Waals surface area contributed by atoms with Crippen molar-refractivity contribution in [2.24, 2.45) is 11.7 Å². The van der Waals surface area contributed by atoms with Crippen LogP contribution in [0.5, 0.6) is 0 Å². The SMILES string of the molecule is CN(C)C(=O)CN(C)C(=O)C1CCCCC1(C)N. The molecular formula is C13H25N3O2. The Morgan fingerprint density at radius 3 is 2.39 bits per heavy atom. The number of likely N-dealkylation sites (N-methyl/N-ethyl adjacent to an activating group) is 2. The van der Waals surface area contributed by atoms with E-state index in [2.05, 4.69) is 0 Å². The van der Waals surface area contributed by atoms with Crippen molar-refractivity contribution in [2.75, 3.05) is 27.7 Å². The molecule has 2 amide bonds. The second kappa shape index (κ2) is 5.69. The van der Waals surface area contributed by atoms with Crippen LogP contribution >= 0.6 is 0 Å². The summed E-state index contributed by atoms with van der Waals surface area (Å²) in [5, 5.41) is 0. The van der Waals surface area contributed by atoms with Gasteiger partial charge < -0.3 is 15.5 Å². The van der Waals surface area contributed by atoms with E-state index in [-0.39, 0.29) is 24.3 Å². The van der Waals surface area contributed by atoms with Crippen molar-refractivity contribution in [3.63, 3.8) is 0 Å². The highest BCUT2D eigenvalue weighted by Gasteiger charge is 2.39. The number of carbonyl (C=O) groups is 2. The highest BCUT2D eigenvalue weighted by molar-refractivity contribution is 5.86. The zero-order valence-corrected chi connectivity index (χ0v) is 11.9. The van der Waals surface area contributed by atoms with Crippen LogP contribution in [-0.4, -0.2) is 54.8 Å². The lowest BCUT2D eigenvalue weighted by molar-refractivity contribution is -0.142. The van der Waals surface area contributed by atoms with Crippen LogP contribution in [0.2, 0.25) is 0 Å². The van der Waals surface area contributed by atoms with E-state index in [1.165, 1.54) is 9.80 Å². The van der Waals surface area contributed by atoms with Gasteiger partial charge in [-0.2, -0.15) is 0 Å². The lowest BCUT2D eigenvalue weighted by Crippen LogP contribution is -2.54. The first-order chi connectivity index (χ1) is 8.25. The molecule has 1 rings (SSSR count). The molecule has 5 heteroatoms. The maximum absolute atomic E-state index is 12.3. The Kier molecular flexibility index (Phi) is 4.73. The number of amides is 2. The predicted molar refractivity (Wildman–Crippen MR) is 70.9 cm³/mol. The van der Waals surface area contributed by atoms with Crippen LogP contribution in [0.15, 0.2) is 0 Å². The molecule has 18 heavy (non-hydrogen) atoms. The Bertz CT molecular complexity index is 326. The lowest BCUT2D eigenvalue weighted by atomic mass is 9.74. The number of carbonyl (C=O) groups excluding carboxylic acids is 2. The van der Waals surface area contributed by atoms with E-state index < -0.39 is 5.54 Å². The molecule has 0 spiro atoms. The van der Waals surface area contributed by atoms with Gasteiger partial charge in [0.15, 0.2) is 0 Å². The third kappa shape index (κ3) is 3.45. The summed E-state index contributed by atoms with van der Waals surface area (Å²) in [6.45, 7) is 2.06. The van der Waals surface area contributed by atoms with Crippen LogP contribution in [0.4, 0.5) is 0 Å². The lowest BCUT2D eigenvalue weighted by Gasteiger charge is -2.39. The van der Waals surface area contributed by atoms with Gasteiger partial charge in [0.05, 0.1) is 12.5 Å². The summed E-state index contributed by atoms with van der Waals surface area (Å²) < 4.78 is 0. The normalized spacial score (nSPS) is 27.7. The molecule has 0 aromatic heterocycles. The van der Waals surface area contributed by atoms with E-state index in [0.29, 0.717) is 0 Å². The molecule has 1 aliphatic carbocycles. The van der Waals surface area contributed by atoms with E-state index in [4.69, 9.17) is 5.73 Å². The molecule has 1 fully saturated rings. The zero-order chi connectivity index (χ0) is 13.9. The van der Waals surface area contributed by atoms with Crippen molar-refractivity contribution < 1.29 is 9.59 Å². The van der Waals surface area contributed by atoms with Crippen LogP contribution in [0.3, 0.4) is 0 Å². The van der Waals surface area contributed by atoms with Crippen LogP contribution in [0, 0.1) is 5.92 Å². The molecule has 2 N–H and O–H groups in total. The third-order valence-electron chi connectivity index (χ3n) is 3.80. The van der Waals surface area contributed by atoms with Gasteiger partial charge in [0.1, 0.15) is 0 Å². The highest BCUT2D eigenvalue weighted by Crippen LogP contribution is 2.32. The minimum atomic E-state index is -0.440. The van der Waals surface area contributed by atoms with Crippen molar-refractivity contribution in [1.82, 2.24) is 9.80 Å². The topological polar surface area (TPSA) is 66.6 Å². The molecule has 0 radical (unpaired) electrons. The van der Waals surface area contributed by atoms with Gasteiger partial charge in [-0.05, 0) is 19.8 Å². The minimum absolute atomic E-state index is 0.00472. The zero-order valence-electron chi connectivity index (χ0n) is 11.9. The van der Waals surface area contributed by atoms with E-state index in [9.17, 15) is 9.59 Å². The van der Waals surface area contributed by atoms with E-state index >= 15 is 0 Å². The summed E-state index contributed by atoms with van der Waals surface area (Å²) in [5.41, 5.74) is 5.77. The number of hydrogen-bond acceptors (Lipinski definition) is 3. The van der Waals surface area contributed by atoms with E-state index in [1.807, 2.05) is 6.92 Å². The molecule has 1 saturated carbocycles. The first-order valence-corrected chi connectivity index (χ1v) is 6.49. The van der Waals surface area contributed by atoms with Crippen molar-refractivity contribution >= 4 is 11.8 Å². The van der Waals surface area contributed by atoms with Crippen molar-refractivity contribution in [1.29, 1.82) is 0 Å². The van der Waals surface area contributed by atoms with Crippen LogP contribution in [0.25, 0.3) is 0 Å². The molecule has 0 aromatic carbocycles. The number of hydrogen-bond donors (Lipinski definition) is 1. The smallest absolute Gasteiger partial charge is 0.241 e.